The topological polar surface area (TPSA) is 107 Å². The van der Waals surface area contributed by atoms with Crippen LogP contribution in [0, 0.1) is 11.8 Å². The van der Waals surface area contributed by atoms with Crippen LogP contribution in [-0.2, 0) is 20.8 Å². The molecule has 2 aliphatic rings. The Hall–Kier alpha value is -3.71. The van der Waals surface area contributed by atoms with Gasteiger partial charge in [0.15, 0.2) is 0 Å². The summed E-state index contributed by atoms with van der Waals surface area (Å²) >= 11 is 0. The van der Waals surface area contributed by atoms with Crippen molar-refractivity contribution in [2.45, 2.75) is 44.3 Å². The molecule has 3 aromatic carbocycles. The highest BCUT2D eigenvalue weighted by atomic mass is 16.4. The molecule has 7 heteroatoms. The molecule has 2 aliphatic heterocycles. The molecule has 180 valence electrons. The third kappa shape index (κ3) is 3.49. The molecule has 3 aromatic rings. The number of benzene rings is 3. The summed E-state index contributed by atoms with van der Waals surface area (Å²) in [5, 5.41) is 25.5. The number of rotatable bonds is 4. The number of carbonyl (C=O) groups is 3. The summed E-state index contributed by atoms with van der Waals surface area (Å²) in [6, 6.07) is 19.1. The van der Waals surface area contributed by atoms with Crippen LogP contribution in [0.15, 0.2) is 66.7 Å². The number of phenols is 1. The van der Waals surface area contributed by atoms with Gasteiger partial charge in [-0.05, 0) is 54.8 Å². The van der Waals surface area contributed by atoms with E-state index in [2.05, 4.69) is 5.32 Å². The van der Waals surface area contributed by atoms with Gasteiger partial charge in [-0.15, -0.1) is 0 Å². The Bertz CT molecular complexity index is 1340. The first-order valence-corrected chi connectivity index (χ1v) is 11.7. The van der Waals surface area contributed by atoms with E-state index in [-0.39, 0.29) is 18.1 Å². The Morgan fingerprint density at radius 1 is 0.971 bits per heavy atom. The summed E-state index contributed by atoms with van der Waals surface area (Å²) in [5.74, 6) is -3.88. The number of hydrogen-bond donors (Lipinski definition) is 3. The van der Waals surface area contributed by atoms with Gasteiger partial charge in [-0.25, -0.2) is 0 Å². The van der Waals surface area contributed by atoms with E-state index in [1.165, 1.54) is 17.0 Å². The lowest BCUT2D eigenvalue weighted by molar-refractivity contribution is -0.153. The molecule has 2 amide bonds. The number of fused-ring (bicyclic) bond motifs is 2. The van der Waals surface area contributed by atoms with Crippen LogP contribution in [0.2, 0.25) is 0 Å². The lowest BCUT2D eigenvalue weighted by Gasteiger charge is -2.35. The lowest BCUT2D eigenvalue weighted by atomic mass is 9.76. The van der Waals surface area contributed by atoms with Gasteiger partial charge in [0.1, 0.15) is 11.3 Å². The van der Waals surface area contributed by atoms with E-state index in [0.717, 1.165) is 16.3 Å². The average Bonchev–Trinajstić information content (AvgIpc) is 3.29. The van der Waals surface area contributed by atoms with Crippen molar-refractivity contribution < 1.29 is 24.6 Å². The van der Waals surface area contributed by atoms with Crippen molar-refractivity contribution in [2.75, 3.05) is 0 Å². The molecule has 0 radical (unpaired) electrons. The summed E-state index contributed by atoms with van der Waals surface area (Å²) in [7, 11) is 0. The number of carbonyl (C=O) groups excluding carboxylic acids is 2. The monoisotopic (exact) mass is 472 g/mol. The first-order chi connectivity index (χ1) is 16.5. The van der Waals surface area contributed by atoms with Crippen molar-refractivity contribution in [2.24, 2.45) is 11.8 Å². The first-order valence-electron chi connectivity index (χ1n) is 11.7. The molecule has 2 heterocycles. The Labute approximate surface area is 203 Å². The van der Waals surface area contributed by atoms with Crippen molar-refractivity contribution >= 4 is 28.6 Å². The minimum Gasteiger partial charge on any atom is -0.508 e. The number of phenolic OH excluding ortho intramolecular Hbond substituents is 1. The minimum absolute atomic E-state index is 0.0119. The summed E-state index contributed by atoms with van der Waals surface area (Å²) in [4.78, 5) is 41.9. The van der Waals surface area contributed by atoms with Crippen LogP contribution in [0.25, 0.3) is 10.8 Å². The number of nitrogens with zero attached hydrogens (tertiary/aromatic N) is 1. The zero-order chi connectivity index (χ0) is 25.1. The van der Waals surface area contributed by atoms with Gasteiger partial charge in [-0.3, -0.25) is 24.6 Å². The summed E-state index contributed by atoms with van der Waals surface area (Å²) in [6.45, 7) is 5.35. The normalized spacial score (nSPS) is 26.4. The molecule has 4 atom stereocenters. The molecule has 0 spiro atoms. The fourth-order valence-electron chi connectivity index (χ4n) is 5.82. The average molecular weight is 473 g/mol. The highest BCUT2D eigenvalue weighted by Crippen LogP contribution is 2.52. The van der Waals surface area contributed by atoms with Crippen molar-refractivity contribution in [3.63, 3.8) is 0 Å². The number of hydrogen-bond acceptors (Lipinski definition) is 5. The molecule has 0 aliphatic carbocycles. The predicted molar refractivity (Wildman–Crippen MR) is 131 cm³/mol. The third-order valence-corrected chi connectivity index (χ3v) is 7.28. The number of aromatic hydroxyl groups is 1. The quantitative estimate of drug-likeness (QED) is 0.501. The molecule has 4 unspecified atom stereocenters. The molecule has 5 rings (SSSR count). The van der Waals surface area contributed by atoms with Gasteiger partial charge in [0.05, 0.1) is 11.8 Å². The van der Waals surface area contributed by atoms with Gasteiger partial charge in [-0.1, -0.05) is 54.6 Å². The van der Waals surface area contributed by atoms with Gasteiger partial charge in [-0.2, -0.15) is 0 Å². The molecule has 35 heavy (non-hydrogen) atoms. The Kier molecular flexibility index (Phi) is 5.21. The van der Waals surface area contributed by atoms with E-state index in [0.29, 0.717) is 5.56 Å². The highest BCUT2D eigenvalue weighted by Gasteiger charge is 2.69. The maximum Gasteiger partial charge on any atom is 0.325 e. The smallest absolute Gasteiger partial charge is 0.325 e. The van der Waals surface area contributed by atoms with Crippen molar-refractivity contribution in [1.82, 2.24) is 10.2 Å². The first kappa shape index (κ1) is 23.1. The van der Waals surface area contributed by atoms with Crippen LogP contribution in [0.1, 0.15) is 37.9 Å². The number of likely N-dealkylation sites (tertiary alicyclic amines) is 1. The zero-order valence-electron chi connectivity index (χ0n) is 19.9. The second-order valence-electron chi connectivity index (χ2n) is 10.5. The lowest BCUT2D eigenvalue weighted by Crippen LogP contribution is -2.58. The standard InChI is InChI=1S/C28H28N2O5/c1-27(2,3)30-24(32)21-22(25(30)33)28(26(34)35,15-16-11-13-18(31)14-12-16)29-23(21)20-10-6-8-17-7-4-5-9-19(17)20/h4-14,21-23,29,31H,15H2,1-3H3,(H,34,35). The van der Waals surface area contributed by atoms with Gasteiger partial charge in [0.25, 0.3) is 0 Å². The molecular weight excluding hydrogens is 444 g/mol. The van der Waals surface area contributed by atoms with E-state index >= 15 is 0 Å². The molecule has 2 fully saturated rings. The number of carboxylic acids is 1. The van der Waals surface area contributed by atoms with Gasteiger partial charge in [0, 0.05) is 18.0 Å². The molecule has 3 N–H and O–H groups in total. The number of aliphatic carboxylic acids is 1. The largest absolute Gasteiger partial charge is 0.508 e. The maximum atomic E-state index is 13.8. The molecule has 0 bridgehead atoms. The molecule has 0 aromatic heterocycles. The summed E-state index contributed by atoms with van der Waals surface area (Å²) in [6.07, 6.45) is -0.0119. The number of carboxylic acid groups (broad SMARTS) is 1. The maximum absolute atomic E-state index is 13.8. The van der Waals surface area contributed by atoms with Gasteiger partial charge >= 0.3 is 5.97 Å². The van der Waals surface area contributed by atoms with E-state index in [1.807, 2.05) is 42.5 Å². The number of imide groups is 1. The highest BCUT2D eigenvalue weighted by molar-refractivity contribution is 6.10. The zero-order valence-corrected chi connectivity index (χ0v) is 19.9. The predicted octanol–water partition coefficient (Wildman–Crippen LogP) is 3.66. The summed E-state index contributed by atoms with van der Waals surface area (Å²) < 4.78 is 0. The van der Waals surface area contributed by atoms with Crippen LogP contribution in [-0.4, -0.2) is 44.0 Å². The van der Waals surface area contributed by atoms with Crippen LogP contribution in [0.5, 0.6) is 5.75 Å². The molecular formula is C28H28N2O5. The van der Waals surface area contributed by atoms with E-state index < -0.39 is 40.8 Å². The minimum atomic E-state index is -1.70. The number of amides is 2. The van der Waals surface area contributed by atoms with Gasteiger partial charge < -0.3 is 10.2 Å². The SMILES string of the molecule is CC(C)(C)N1C(=O)C2C(c3cccc4ccccc34)NC(Cc3ccc(O)cc3)(C(=O)O)C2C1=O. The van der Waals surface area contributed by atoms with E-state index in [1.54, 1.807) is 32.9 Å². The Balaban J connectivity index is 1.71. The molecule has 2 saturated heterocycles. The second-order valence-corrected chi connectivity index (χ2v) is 10.5. The number of nitrogens with one attached hydrogen (secondary N) is 1. The Morgan fingerprint density at radius 2 is 1.63 bits per heavy atom. The molecule has 0 saturated carbocycles. The Morgan fingerprint density at radius 3 is 2.29 bits per heavy atom. The van der Waals surface area contributed by atoms with Crippen LogP contribution in [0.3, 0.4) is 0 Å². The van der Waals surface area contributed by atoms with Crippen LogP contribution < -0.4 is 5.32 Å². The van der Waals surface area contributed by atoms with E-state index in [9.17, 15) is 24.6 Å². The molecule has 7 nitrogen and oxygen atoms in total. The third-order valence-electron chi connectivity index (χ3n) is 7.28. The second kappa shape index (κ2) is 7.92. The van der Waals surface area contributed by atoms with Gasteiger partial charge in [0.2, 0.25) is 11.8 Å². The van der Waals surface area contributed by atoms with Crippen LogP contribution >= 0.6 is 0 Å². The van der Waals surface area contributed by atoms with Crippen molar-refractivity contribution in [3.8, 4) is 5.75 Å². The van der Waals surface area contributed by atoms with Crippen molar-refractivity contribution in [1.29, 1.82) is 0 Å². The van der Waals surface area contributed by atoms with Crippen LogP contribution in [0.4, 0.5) is 0 Å². The van der Waals surface area contributed by atoms with Crippen molar-refractivity contribution in [3.05, 3.63) is 77.9 Å². The summed E-state index contributed by atoms with van der Waals surface area (Å²) in [5.41, 5.74) is -1.05. The fourth-order valence-corrected chi connectivity index (χ4v) is 5.82. The van der Waals surface area contributed by atoms with E-state index in [4.69, 9.17) is 0 Å². The fraction of sp³-hybridized carbons (Fsp3) is 0.321.